The van der Waals surface area contributed by atoms with Crippen LogP contribution in [0.25, 0.3) is 6.08 Å². The quantitative estimate of drug-likeness (QED) is 0.582. The number of benzene rings is 1. The minimum atomic E-state index is -0.632. The molecule has 1 aromatic carbocycles. The Labute approximate surface area is 99.8 Å². The van der Waals surface area contributed by atoms with E-state index < -0.39 is 5.79 Å². The summed E-state index contributed by atoms with van der Waals surface area (Å²) in [6.07, 6.45) is 3.03. The Kier molecular flexibility index (Phi) is 2.79. The summed E-state index contributed by atoms with van der Waals surface area (Å²) >= 11 is 0. The second kappa shape index (κ2) is 4.13. The highest BCUT2D eigenvalue weighted by Crippen LogP contribution is 2.39. The number of rotatable bonds is 2. The van der Waals surface area contributed by atoms with E-state index in [9.17, 15) is 4.79 Å². The van der Waals surface area contributed by atoms with Gasteiger partial charge in [0.25, 0.3) is 0 Å². The van der Waals surface area contributed by atoms with Crippen LogP contribution in [0, 0.1) is 0 Å². The van der Waals surface area contributed by atoms with E-state index in [0.717, 1.165) is 5.56 Å². The molecule has 17 heavy (non-hydrogen) atoms. The zero-order valence-electron chi connectivity index (χ0n) is 10.0. The molecule has 1 heterocycles. The molecule has 0 N–H and O–H groups in total. The van der Waals surface area contributed by atoms with Crippen LogP contribution in [-0.2, 0) is 9.53 Å². The fourth-order valence-corrected chi connectivity index (χ4v) is 1.58. The van der Waals surface area contributed by atoms with Crippen LogP contribution in [0.3, 0.4) is 0 Å². The van der Waals surface area contributed by atoms with E-state index >= 15 is 0 Å². The normalized spacial score (nSPS) is 16.2. The van der Waals surface area contributed by atoms with Crippen LogP contribution in [0.1, 0.15) is 19.4 Å². The van der Waals surface area contributed by atoms with Crippen LogP contribution in [0.4, 0.5) is 0 Å². The van der Waals surface area contributed by atoms with Gasteiger partial charge in [-0.25, -0.2) is 4.79 Å². The minimum absolute atomic E-state index is 0.386. The Hall–Kier alpha value is -1.97. The van der Waals surface area contributed by atoms with Crippen molar-refractivity contribution < 1.29 is 19.0 Å². The van der Waals surface area contributed by atoms with Gasteiger partial charge in [-0.15, -0.1) is 0 Å². The van der Waals surface area contributed by atoms with Crippen molar-refractivity contribution in [2.75, 3.05) is 7.11 Å². The van der Waals surface area contributed by atoms with E-state index in [1.54, 1.807) is 6.08 Å². The molecular formula is C13H14O4. The molecule has 0 unspecified atom stereocenters. The van der Waals surface area contributed by atoms with Crippen molar-refractivity contribution in [3.8, 4) is 11.5 Å². The second-order valence-corrected chi connectivity index (χ2v) is 4.17. The monoisotopic (exact) mass is 234 g/mol. The molecular weight excluding hydrogens is 220 g/mol. The average Bonchev–Trinajstić information content (AvgIpc) is 2.58. The molecule has 0 spiro atoms. The van der Waals surface area contributed by atoms with Gasteiger partial charge in [-0.05, 0) is 23.8 Å². The fourth-order valence-electron chi connectivity index (χ4n) is 1.58. The highest BCUT2D eigenvalue weighted by molar-refractivity contribution is 5.87. The van der Waals surface area contributed by atoms with Gasteiger partial charge in [0.05, 0.1) is 7.11 Å². The first-order chi connectivity index (χ1) is 8.00. The molecule has 1 aliphatic heterocycles. The van der Waals surface area contributed by atoms with Crippen molar-refractivity contribution in [3.05, 3.63) is 29.8 Å². The highest BCUT2D eigenvalue weighted by Gasteiger charge is 2.31. The maximum Gasteiger partial charge on any atom is 0.330 e. The van der Waals surface area contributed by atoms with Crippen molar-refractivity contribution in [2.45, 2.75) is 19.6 Å². The lowest BCUT2D eigenvalue weighted by Gasteiger charge is -2.16. The molecule has 4 heteroatoms. The van der Waals surface area contributed by atoms with Crippen LogP contribution in [0.15, 0.2) is 24.3 Å². The van der Waals surface area contributed by atoms with Gasteiger partial charge >= 0.3 is 5.97 Å². The number of carbonyl (C=O) groups is 1. The Morgan fingerprint density at radius 1 is 1.29 bits per heavy atom. The molecule has 0 saturated carbocycles. The molecule has 0 amide bonds. The number of methoxy groups -OCH3 is 1. The maximum atomic E-state index is 11.0. The first kappa shape index (κ1) is 11.5. The third-order valence-corrected chi connectivity index (χ3v) is 2.29. The van der Waals surface area contributed by atoms with E-state index in [-0.39, 0.29) is 5.97 Å². The maximum absolute atomic E-state index is 11.0. The van der Waals surface area contributed by atoms with Gasteiger partial charge in [-0.3, -0.25) is 0 Å². The van der Waals surface area contributed by atoms with Crippen molar-refractivity contribution in [3.63, 3.8) is 0 Å². The van der Waals surface area contributed by atoms with Gasteiger partial charge in [0.2, 0.25) is 5.79 Å². The molecule has 0 aliphatic carbocycles. The second-order valence-electron chi connectivity index (χ2n) is 4.17. The van der Waals surface area contributed by atoms with Gasteiger partial charge in [0.1, 0.15) is 0 Å². The first-order valence-electron chi connectivity index (χ1n) is 5.28. The van der Waals surface area contributed by atoms with Crippen LogP contribution >= 0.6 is 0 Å². The summed E-state index contributed by atoms with van der Waals surface area (Å²) in [6, 6.07) is 5.49. The number of hydrogen-bond donors (Lipinski definition) is 0. The summed E-state index contributed by atoms with van der Waals surface area (Å²) < 4.78 is 15.7. The van der Waals surface area contributed by atoms with E-state index in [2.05, 4.69) is 4.74 Å². The predicted octanol–water partition coefficient (Wildman–Crippen LogP) is 2.38. The Balaban J connectivity index is 2.19. The Morgan fingerprint density at radius 2 is 2.00 bits per heavy atom. The molecule has 0 fully saturated rings. The zero-order chi connectivity index (χ0) is 12.5. The summed E-state index contributed by atoms with van der Waals surface area (Å²) in [5.41, 5.74) is 0.857. The van der Waals surface area contributed by atoms with Crippen LogP contribution in [-0.4, -0.2) is 18.9 Å². The topological polar surface area (TPSA) is 44.8 Å². The van der Waals surface area contributed by atoms with Crippen LogP contribution in [0.5, 0.6) is 11.5 Å². The molecule has 0 aromatic heterocycles. The van der Waals surface area contributed by atoms with Crippen molar-refractivity contribution in [1.82, 2.24) is 0 Å². The SMILES string of the molecule is COC(=O)/C=C/c1ccc2c(c1)OC(C)(C)O2. The van der Waals surface area contributed by atoms with E-state index in [0.29, 0.717) is 11.5 Å². The van der Waals surface area contributed by atoms with E-state index in [1.165, 1.54) is 13.2 Å². The molecule has 0 atom stereocenters. The molecule has 2 rings (SSSR count). The predicted molar refractivity (Wildman–Crippen MR) is 62.8 cm³/mol. The number of esters is 1. The molecule has 0 bridgehead atoms. The largest absolute Gasteiger partial charge is 0.466 e. The summed E-state index contributed by atoms with van der Waals surface area (Å²) in [7, 11) is 1.34. The number of carbonyl (C=O) groups excluding carboxylic acids is 1. The standard InChI is InChI=1S/C13H14O4/c1-13(2)16-10-6-4-9(8-11(10)17-13)5-7-12(14)15-3/h4-8H,1-3H3/b7-5+. The first-order valence-corrected chi connectivity index (χ1v) is 5.28. The summed E-state index contributed by atoms with van der Waals surface area (Å²) in [5.74, 6) is 0.378. The van der Waals surface area contributed by atoms with Gasteiger partial charge in [-0.2, -0.15) is 0 Å². The summed E-state index contributed by atoms with van der Waals surface area (Å²) in [6.45, 7) is 3.69. The van der Waals surface area contributed by atoms with Gasteiger partial charge in [0.15, 0.2) is 11.5 Å². The van der Waals surface area contributed by atoms with Crippen molar-refractivity contribution >= 4 is 12.0 Å². The average molecular weight is 234 g/mol. The lowest BCUT2D eigenvalue weighted by atomic mass is 10.2. The third-order valence-electron chi connectivity index (χ3n) is 2.29. The summed E-state index contributed by atoms with van der Waals surface area (Å²) in [5, 5.41) is 0. The Morgan fingerprint density at radius 3 is 2.71 bits per heavy atom. The van der Waals surface area contributed by atoms with E-state index in [1.807, 2.05) is 32.0 Å². The molecule has 1 aromatic rings. The Bertz CT molecular complexity index is 474. The zero-order valence-corrected chi connectivity index (χ0v) is 10.0. The van der Waals surface area contributed by atoms with Gasteiger partial charge < -0.3 is 14.2 Å². The molecule has 0 radical (unpaired) electrons. The molecule has 4 nitrogen and oxygen atoms in total. The summed E-state index contributed by atoms with van der Waals surface area (Å²) in [4.78, 5) is 11.0. The number of hydrogen-bond acceptors (Lipinski definition) is 4. The minimum Gasteiger partial charge on any atom is -0.466 e. The van der Waals surface area contributed by atoms with Crippen LogP contribution < -0.4 is 9.47 Å². The number of ether oxygens (including phenoxy) is 3. The van der Waals surface area contributed by atoms with Gasteiger partial charge in [0, 0.05) is 19.9 Å². The lowest BCUT2D eigenvalue weighted by molar-refractivity contribution is -0.134. The fraction of sp³-hybridized carbons (Fsp3) is 0.308. The van der Waals surface area contributed by atoms with Crippen LogP contribution in [0.2, 0.25) is 0 Å². The van der Waals surface area contributed by atoms with Crippen molar-refractivity contribution in [2.24, 2.45) is 0 Å². The third kappa shape index (κ3) is 2.58. The van der Waals surface area contributed by atoms with Crippen molar-refractivity contribution in [1.29, 1.82) is 0 Å². The lowest BCUT2D eigenvalue weighted by Crippen LogP contribution is -2.29. The smallest absolute Gasteiger partial charge is 0.330 e. The van der Waals surface area contributed by atoms with E-state index in [4.69, 9.17) is 9.47 Å². The highest BCUT2D eigenvalue weighted by atomic mass is 16.7. The van der Waals surface area contributed by atoms with Gasteiger partial charge in [-0.1, -0.05) is 6.07 Å². The molecule has 0 saturated heterocycles. The number of fused-ring (bicyclic) bond motifs is 1. The molecule has 1 aliphatic rings. The molecule has 90 valence electrons.